The van der Waals surface area contributed by atoms with Crippen LogP contribution in [0.2, 0.25) is 0 Å². The van der Waals surface area contributed by atoms with Gasteiger partial charge in [0.05, 0.1) is 18.3 Å². The van der Waals surface area contributed by atoms with Gasteiger partial charge >= 0.3 is 51.4 Å². The van der Waals surface area contributed by atoms with Gasteiger partial charge in [-0.2, -0.15) is 0 Å². The van der Waals surface area contributed by atoms with Crippen molar-refractivity contribution in [2.24, 2.45) is 46.3 Å². The van der Waals surface area contributed by atoms with Crippen LogP contribution in [0.15, 0.2) is 0 Å². The predicted octanol–water partition coefficient (Wildman–Crippen LogP) is -0.882. The minimum atomic E-state index is -0.998. The molecule has 4 fully saturated rings. The van der Waals surface area contributed by atoms with Crippen molar-refractivity contribution in [2.75, 3.05) is 0 Å². The zero-order valence-corrected chi connectivity index (χ0v) is 22.3. The quantitative estimate of drug-likeness (QED) is 0.487. The molecule has 5 nitrogen and oxygen atoms in total. The van der Waals surface area contributed by atoms with E-state index in [1.54, 1.807) is 0 Å². The third kappa shape index (κ3) is 4.04. The van der Waals surface area contributed by atoms with Crippen LogP contribution in [0.25, 0.3) is 0 Å². The summed E-state index contributed by atoms with van der Waals surface area (Å²) in [6.07, 6.45) is 5.72. The summed E-state index contributed by atoms with van der Waals surface area (Å²) in [6, 6.07) is 0. The van der Waals surface area contributed by atoms with Gasteiger partial charge in [0.25, 0.3) is 0 Å². The van der Waals surface area contributed by atoms with Crippen LogP contribution in [0.5, 0.6) is 0 Å². The van der Waals surface area contributed by atoms with Gasteiger partial charge in [0, 0.05) is 5.97 Å². The van der Waals surface area contributed by atoms with E-state index in [0.29, 0.717) is 18.3 Å². The molecule has 3 unspecified atom stereocenters. The van der Waals surface area contributed by atoms with Crippen molar-refractivity contribution < 1.29 is 76.6 Å². The molecule has 0 amide bonds. The number of fused-ring (bicyclic) bond motifs is 5. The van der Waals surface area contributed by atoms with E-state index >= 15 is 0 Å². The number of rotatable bonds is 4. The number of hydrogen-bond acceptors (Lipinski definition) is 5. The van der Waals surface area contributed by atoms with Crippen molar-refractivity contribution in [3.05, 3.63) is 0 Å². The third-order valence-electron chi connectivity index (χ3n) is 10.3. The Hall–Kier alpha value is 0.986. The summed E-state index contributed by atoms with van der Waals surface area (Å²) in [5.74, 6) is 0.635. The number of hydrogen-bond donors (Lipinski definition) is 3. The smallest absolute Gasteiger partial charge is 0.550 e. The average molecular weight is 447 g/mol. The molecule has 4 aliphatic carbocycles. The summed E-state index contributed by atoms with van der Waals surface area (Å²) in [5, 5.41) is 43.9. The van der Waals surface area contributed by atoms with Crippen LogP contribution in [0.4, 0.5) is 0 Å². The molecule has 0 aromatic carbocycles. The van der Waals surface area contributed by atoms with Gasteiger partial charge in [-0.25, -0.2) is 0 Å². The molecule has 30 heavy (non-hydrogen) atoms. The second-order valence-corrected chi connectivity index (χ2v) is 11.4. The third-order valence-corrected chi connectivity index (χ3v) is 10.3. The van der Waals surface area contributed by atoms with E-state index in [0.717, 1.165) is 44.9 Å². The van der Waals surface area contributed by atoms with E-state index in [4.69, 9.17) is 0 Å². The molecule has 0 spiro atoms. The average Bonchev–Trinajstić information content (AvgIpc) is 3.01. The Bertz CT molecular complexity index is 643. The van der Waals surface area contributed by atoms with Crippen molar-refractivity contribution >= 4 is 5.97 Å². The standard InChI is InChI=1S/C24H40O5.K/c1-13(4-7-21(28)29)16-5-6-17-22-18(12-20(27)24(16,17)3)23(2)9-8-15(25)10-14(23)11-19(22)26;/h13-20,22,25-27H,4-12H2,1-3H3,(H,28,29);/q;+1/p-1/t13-,14+,15-,16-,17?,18?,19-,20+,22?,23+,24-;/m1./s1. The molecule has 0 aromatic heterocycles. The fraction of sp³-hybridized carbons (Fsp3) is 0.958. The Morgan fingerprint density at radius 3 is 2.43 bits per heavy atom. The molecule has 6 heteroatoms. The van der Waals surface area contributed by atoms with E-state index in [9.17, 15) is 25.2 Å². The van der Waals surface area contributed by atoms with Crippen LogP contribution in [-0.4, -0.2) is 39.6 Å². The van der Waals surface area contributed by atoms with E-state index in [-0.39, 0.29) is 105 Å². The van der Waals surface area contributed by atoms with Crippen LogP contribution < -0.4 is 56.5 Å². The first kappa shape index (κ1) is 25.6. The monoisotopic (exact) mass is 446 g/mol. The molecule has 0 aliphatic heterocycles. The normalized spacial score (nSPS) is 51.1. The largest absolute Gasteiger partial charge is 1.00 e. The number of aliphatic hydroxyl groups is 3. The number of carbonyl (C=O) groups is 1. The SMILES string of the molecule is C[C@H](CCC(=O)[O-])[C@H]1CCC2C3C(C[C@H](O)[C@@]21C)[C@@]1(C)CC[C@@H](O)C[C@H]1C[C@H]3O.[K+]. The number of carboxylic acids is 1. The minimum Gasteiger partial charge on any atom is -0.550 e. The maximum Gasteiger partial charge on any atom is 1.00 e. The van der Waals surface area contributed by atoms with Crippen molar-refractivity contribution in [2.45, 2.75) is 96.9 Å². The molecule has 11 atom stereocenters. The van der Waals surface area contributed by atoms with Crippen molar-refractivity contribution in [1.29, 1.82) is 0 Å². The Balaban J connectivity index is 0.00000256. The Morgan fingerprint density at radius 2 is 1.77 bits per heavy atom. The van der Waals surface area contributed by atoms with Gasteiger partial charge in [0.15, 0.2) is 0 Å². The minimum absolute atomic E-state index is 0. The molecule has 0 bridgehead atoms. The first-order chi connectivity index (χ1) is 13.6. The van der Waals surface area contributed by atoms with Gasteiger partial charge in [0.2, 0.25) is 0 Å². The van der Waals surface area contributed by atoms with Gasteiger partial charge in [-0.1, -0.05) is 20.8 Å². The van der Waals surface area contributed by atoms with Crippen LogP contribution in [0.3, 0.4) is 0 Å². The summed E-state index contributed by atoms with van der Waals surface area (Å²) in [5.41, 5.74) is -0.172. The van der Waals surface area contributed by atoms with Crippen LogP contribution in [-0.2, 0) is 4.79 Å². The zero-order valence-electron chi connectivity index (χ0n) is 19.2. The summed E-state index contributed by atoms with van der Waals surface area (Å²) in [4.78, 5) is 11.0. The fourth-order valence-corrected chi connectivity index (χ4v) is 8.68. The van der Waals surface area contributed by atoms with Crippen LogP contribution in [0.1, 0.15) is 78.6 Å². The summed E-state index contributed by atoms with van der Waals surface area (Å²) in [7, 11) is 0. The Morgan fingerprint density at radius 1 is 1.07 bits per heavy atom. The van der Waals surface area contributed by atoms with E-state index in [1.807, 2.05) is 0 Å². The number of carboxylic acid groups (broad SMARTS) is 1. The summed E-state index contributed by atoms with van der Waals surface area (Å²) >= 11 is 0. The molecular formula is C24H39KO5. The van der Waals surface area contributed by atoms with Gasteiger partial charge in [-0.15, -0.1) is 0 Å². The molecule has 4 saturated carbocycles. The molecule has 4 rings (SSSR count). The van der Waals surface area contributed by atoms with Gasteiger partial charge in [0.1, 0.15) is 0 Å². The van der Waals surface area contributed by atoms with Crippen molar-refractivity contribution in [3.63, 3.8) is 0 Å². The summed E-state index contributed by atoms with van der Waals surface area (Å²) in [6.45, 7) is 6.67. The Kier molecular flexibility index (Phi) is 7.96. The molecule has 0 saturated heterocycles. The summed E-state index contributed by atoms with van der Waals surface area (Å²) < 4.78 is 0. The fourth-order valence-electron chi connectivity index (χ4n) is 8.68. The van der Waals surface area contributed by atoms with Gasteiger partial charge in [-0.3, -0.25) is 0 Å². The van der Waals surface area contributed by atoms with E-state index in [1.165, 1.54) is 0 Å². The van der Waals surface area contributed by atoms with Crippen LogP contribution >= 0.6 is 0 Å². The van der Waals surface area contributed by atoms with Gasteiger partial charge < -0.3 is 25.2 Å². The van der Waals surface area contributed by atoms with Crippen molar-refractivity contribution in [1.82, 2.24) is 0 Å². The molecule has 0 radical (unpaired) electrons. The molecule has 3 N–H and O–H groups in total. The first-order valence-electron chi connectivity index (χ1n) is 11.8. The van der Waals surface area contributed by atoms with E-state index < -0.39 is 12.1 Å². The maximum atomic E-state index is 11.5. The first-order valence-corrected chi connectivity index (χ1v) is 11.8. The second-order valence-electron chi connectivity index (χ2n) is 11.4. The van der Waals surface area contributed by atoms with Crippen molar-refractivity contribution in [3.8, 4) is 0 Å². The number of carbonyl (C=O) groups excluding carboxylic acids is 1. The molecule has 0 aromatic rings. The second kappa shape index (κ2) is 9.32. The topological polar surface area (TPSA) is 101 Å². The van der Waals surface area contributed by atoms with Gasteiger partial charge in [-0.05, 0) is 104 Å². The van der Waals surface area contributed by atoms with Crippen LogP contribution in [0, 0.1) is 46.3 Å². The molecular weight excluding hydrogens is 407 g/mol. The Labute approximate surface area is 223 Å². The predicted molar refractivity (Wildman–Crippen MR) is 107 cm³/mol. The number of aliphatic carboxylic acids is 1. The molecule has 0 heterocycles. The molecule has 4 aliphatic rings. The van der Waals surface area contributed by atoms with E-state index in [2.05, 4.69) is 20.8 Å². The zero-order chi connectivity index (χ0) is 21.1. The molecule has 166 valence electrons. The maximum absolute atomic E-state index is 11.5. The number of aliphatic hydroxyl groups excluding tert-OH is 3.